The Kier molecular flexibility index (Phi) is 6.06. The molecule has 128 valence electrons. The summed E-state index contributed by atoms with van der Waals surface area (Å²) in [4.78, 5) is 0. The van der Waals surface area contributed by atoms with Crippen molar-refractivity contribution in [3.63, 3.8) is 0 Å². The van der Waals surface area contributed by atoms with Crippen LogP contribution >= 0.6 is 0 Å². The monoisotopic (exact) mass is 328 g/mol. The molecular weight excluding hydrogens is 300 g/mol. The van der Waals surface area contributed by atoms with E-state index in [0.717, 1.165) is 12.8 Å². The average molecular weight is 328 g/mol. The molecule has 3 aromatic rings. The fourth-order valence-electron chi connectivity index (χ4n) is 3.64. The van der Waals surface area contributed by atoms with E-state index in [1.807, 2.05) is 0 Å². The Balaban J connectivity index is 1.92. The molecule has 0 aliphatic heterocycles. The lowest BCUT2D eigenvalue weighted by Gasteiger charge is -2.26. The summed E-state index contributed by atoms with van der Waals surface area (Å²) in [6.07, 6.45) is 3.33. The predicted octanol–water partition coefficient (Wildman–Crippen LogP) is 6.65. The van der Waals surface area contributed by atoms with Crippen molar-refractivity contribution < 1.29 is 0 Å². The molecule has 3 aromatic carbocycles. The zero-order valence-corrected chi connectivity index (χ0v) is 15.4. The molecule has 0 aliphatic carbocycles. The van der Waals surface area contributed by atoms with Crippen LogP contribution in [0.5, 0.6) is 0 Å². The van der Waals surface area contributed by atoms with Crippen molar-refractivity contribution in [3.8, 4) is 0 Å². The molecule has 0 aliphatic rings. The molecule has 0 radical (unpaired) electrons. The molecule has 2 unspecified atom stereocenters. The molecule has 0 saturated heterocycles. The number of rotatable bonds is 7. The second-order valence-electron chi connectivity index (χ2n) is 7.04. The summed E-state index contributed by atoms with van der Waals surface area (Å²) < 4.78 is 0. The van der Waals surface area contributed by atoms with Crippen molar-refractivity contribution in [1.29, 1.82) is 0 Å². The Morgan fingerprint density at radius 3 is 1.88 bits per heavy atom. The topological polar surface area (TPSA) is 0 Å². The summed E-state index contributed by atoms with van der Waals surface area (Å²) in [5.41, 5.74) is 5.80. The molecule has 0 heterocycles. The van der Waals surface area contributed by atoms with Gasteiger partial charge in [-0.15, -0.1) is 0 Å². The first-order valence-electron chi connectivity index (χ1n) is 9.43. The van der Waals surface area contributed by atoms with Crippen LogP contribution in [0, 0.1) is 5.92 Å². The van der Waals surface area contributed by atoms with Gasteiger partial charge in [-0.25, -0.2) is 0 Å². The first-order valence-corrected chi connectivity index (χ1v) is 9.43. The predicted molar refractivity (Wildman–Crippen MR) is 108 cm³/mol. The molecule has 0 fully saturated rings. The zero-order valence-electron chi connectivity index (χ0n) is 15.4. The van der Waals surface area contributed by atoms with E-state index in [9.17, 15) is 0 Å². The molecule has 0 saturated carbocycles. The van der Waals surface area contributed by atoms with Crippen molar-refractivity contribution in [2.24, 2.45) is 5.92 Å². The summed E-state index contributed by atoms with van der Waals surface area (Å²) in [6, 6.07) is 30.8. The quantitative estimate of drug-likeness (QED) is 0.455. The van der Waals surface area contributed by atoms with Gasteiger partial charge in [0, 0.05) is 0 Å². The van der Waals surface area contributed by atoms with Gasteiger partial charge in [-0.3, -0.25) is 0 Å². The minimum absolute atomic E-state index is 0.562. The zero-order chi connectivity index (χ0) is 17.5. The summed E-state index contributed by atoms with van der Waals surface area (Å²) in [7, 11) is 0. The fourth-order valence-corrected chi connectivity index (χ4v) is 3.64. The molecule has 0 N–H and O–H groups in total. The molecule has 0 bridgehead atoms. The van der Waals surface area contributed by atoms with Crippen LogP contribution in [-0.2, 0) is 12.8 Å². The SMILES string of the molecule is CCC(C)C(Cc1ccccc1)c1ccccc1Cc1ccccc1. The van der Waals surface area contributed by atoms with Gasteiger partial charge in [0.15, 0.2) is 0 Å². The molecular formula is C25H28. The van der Waals surface area contributed by atoms with Crippen molar-refractivity contribution in [2.75, 3.05) is 0 Å². The molecule has 0 aromatic heterocycles. The minimum Gasteiger partial charge on any atom is -0.0651 e. The smallest absolute Gasteiger partial charge is 0.00229 e. The summed E-state index contributed by atoms with van der Waals surface area (Å²) in [5, 5.41) is 0. The second kappa shape index (κ2) is 8.67. The van der Waals surface area contributed by atoms with Crippen LogP contribution in [0.15, 0.2) is 84.9 Å². The van der Waals surface area contributed by atoms with Gasteiger partial charge in [0.1, 0.15) is 0 Å². The van der Waals surface area contributed by atoms with Crippen LogP contribution in [0.4, 0.5) is 0 Å². The summed E-state index contributed by atoms with van der Waals surface area (Å²) >= 11 is 0. The summed E-state index contributed by atoms with van der Waals surface area (Å²) in [6.45, 7) is 4.70. The molecule has 0 heteroatoms. The highest BCUT2D eigenvalue weighted by atomic mass is 14.3. The van der Waals surface area contributed by atoms with Gasteiger partial charge < -0.3 is 0 Å². The van der Waals surface area contributed by atoms with Crippen molar-refractivity contribution in [1.82, 2.24) is 0 Å². The van der Waals surface area contributed by atoms with Gasteiger partial charge in [0.05, 0.1) is 0 Å². The molecule has 2 atom stereocenters. The number of hydrogen-bond acceptors (Lipinski definition) is 0. The average Bonchev–Trinajstić information content (AvgIpc) is 2.68. The lowest BCUT2D eigenvalue weighted by atomic mass is 9.78. The first kappa shape index (κ1) is 17.5. The first-order chi connectivity index (χ1) is 12.3. The molecule has 0 nitrogen and oxygen atoms in total. The van der Waals surface area contributed by atoms with E-state index in [1.165, 1.54) is 28.7 Å². The maximum atomic E-state index is 2.40. The molecule has 0 spiro atoms. The highest BCUT2D eigenvalue weighted by molar-refractivity contribution is 5.36. The van der Waals surface area contributed by atoms with Crippen LogP contribution in [-0.4, -0.2) is 0 Å². The normalized spacial score (nSPS) is 13.4. The van der Waals surface area contributed by atoms with E-state index >= 15 is 0 Å². The van der Waals surface area contributed by atoms with Crippen LogP contribution in [0.3, 0.4) is 0 Å². The third-order valence-electron chi connectivity index (χ3n) is 5.32. The maximum Gasteiger partial charge on any atom is -0.00229 e. The van der Waals surface area contributed by atoms with E-state index in [-0.39, 0.29) is 0 Å². The Labute approximate surface area is 152 Å². The highest BCUT2D eigenvalue weighted by Gasteiger charge is 2.21. The van der Waals surface area contributed by atoms with Crippen LogP contribution in [0.2, 0.25) is 0 Å². The largest absolute Gasteiger partial charge is 0.0651 e. The van der Waals surface area contributed by atoms with E-state index in [2.05, 4.69) is 98.8 Å². The highest BCUT2D eigenvalue weighted by Crippen LogP contribution is 2.33. The van der Waals surface area contributed by atoms with E-state index in [0.29, 0.717) is 11.8 Å². The Hall–Kier alpha value is -2.34. The van der Waals surface area contributed by atoms with Gasteiger partial charge in [0.2, 0.25) is 0 Å². The van der Waals surface area contributed by atoms with Gasteiger partial charge in [-0.05, 0) is 46.9 Å². The Bertz CT molecular complexity index is 758. The third kappa shape index (κ3) is 4.60. The lowest BCUT2D eigenvalue weighted by molar-refractivity contribution is 0.441. The Morgan fingerprint density at radius 1 is 0.680 bits per heavy atom. The van der Waals surface area contributed by atoms with E-state index in [1.54, 1.807) is 0 Å². The van der Waals surface area contributed by atoms with Crippen molar-refractivity contribution in [2.45, 2.75) is 39.0 Å². The van der Waals surface area contributed by atoms with Crippen LogP contribution in [0.1, 0.15) is 48.4 Å². The van der Waals surface area contributed by atoms with E-state index in [4.69, 9.17) is 0 Å². The van der Waals surface area contributed by atoms with Crippen molar-refractivity contribution >= 4 is 0 Å². The molecule has 3 rings (SSSR count). The third-order valence-corrected chi connectivity index (χ3v) is 5.32. The van der Waals surface area contributed by atoms with Crippen molar-refractivity contribution in [3.05, 3.63) is 107 Å². The van der Waals surface area contributed by atoms with Gasteiger partial charge in [-0.1, -0.05) is 105 Å². The van der Waals surface area contributed by atoms with Gasteiger partial charge in [0.25, 0.3) is 0 Å². The molecule has 25 heavy (non-hydrogen) atoms. The van der Waals surface area contributed by atoms with Gasteiger partial charge in [-0.2, -0.15) is 0 Å². The Morgan fingerprint density at radius 2 is 1.24 bits per heavy atom. The molecule has 0 amide bonds. The summed E-state index contributed by atoms with van der Waals surface area (Å²) in [5.74, 6) is 1.23. The van der Waals surface area contributed by atoms with E-state index < -0.39 is 0 Å². The lowest BCUT2D eigenvalue weighted by Crippen LogP contribution is -2.14. The van der Waals surface area contributed by atoms with Crippen LogP contribution < -0.4 is 0 Å². The number of hydrogen-bond donors (Lipinski definition) is 0. The standard InChI is InChI=1S/C25H28/c1-3-20(2)25(19-22-14-8-5-9-15-22)24-17-11-10-16-23(24)18-21-12-6-4-7-13-21/h4-17,20,25H,3,18-19H2,1-2H3. The van der Waals surface area contributed by atoms with Crippen LogP contribution in [0.25, 0.3) is 0 Å². The number of benzene rings is 3. The second-order valence-corrected chi connectivity index (χ2v) is 7.04. The fraction of sp³-hybridized carbons (Fsp3) is 0.280. The van der Waals surface area contributed by atoms with Gasteiger partial charge >= 0.3 is 0 Å². The minimum atomic E-state index is 0.562. The maximum absolute atomic E-state index is 2.40.